The maximum Gasteiger partial charge on any atom is 0.161 e. The van der Waals surface area contributed by atoms with Crippen molar-refractivity contribution in [1.82, 2.24) is 10.2 Å². The van der Waals surface area contributed by atoms with Crippen LogP contribution < -0.4 is 0 Å². The van der Waals surface area contributed by atoms with Crippen LogP contribution in [0.1, 0.15) is 0 Å². The summed E-state index contributed by atoms with van der Waals surface area (Å²) in [6.45, 7) is 0. The van der Waals surface area contributed by atoms with Crippen LogP contribution in [0.2, 0.25) is 10.2 Å². The first-order valence-corrected chi connectivity index (χ1v) is 5.13. The van der Waals surface area contributed by atoms with Crippen LogP contribution in [0.5, 0.6) is 0 Å². The number of aromatic nitrogens is 2. The molecule has 0 saturated carbocycles. The van der Waals surface area contributed by atoms with Crippen LogP contribution in [0, 0.1) is 0 Å². The maximum atomic E-state index is 5.94. The summed E-state index contributed by atoms with van der Waals surface area (Å²) in [6, 6.07) is 3.88. The molecule has 2 nitrogen and oxygen atoms in total. The highest BCUT2D eigenvalue weighted by atomic mass is 35.5. The zero-order chi connectivity index (χ0) is 9.26. The van der Waals surface area contributed by atoms with E-state index in [1.54, 1.807) is 11.3 Å². The normalized spacial score (nSPS) is 10.3. The second kappa shape index (κ2) is 3.62. The first-order chi connectivity index (χ1) is 6.29. The Balaban J connectivity index is 2.64. The highest BCUT2D eigenvalue weighted by Crippen LogP contribution is 2.34. The van der Waals surface area contributed by atoms with Crippen molar-refractivity contribution >= 4 is 34.5 Å². The Labute approximate surface area is 89.1 Å². The Hall–Kier alpha value is -0.640. The van der Waals surface area contributed by atoms with Gasteiger partial charge >= 0.3 is 0 Å². The molecule has 5 heteroatoms. The molecule has 0 saturated heterocycles. The quantitative estimate of drug-likeness (QED) is 0.750. The molecule has 2 aromatic rings. The minimum absolute atomic E-state index is 0.343. The molecule has 0 aromatic carbocycles. The summed E-state index contributed by atoms with van der Waals surface area (Å²) in [4.78, 5) is 1.00. The Kier molecular flexibility index (Phi) is 2.49. The van der Waals surface area contributed by atoms with Gasteiger partial charge in [0.2, 0.25) is 0 Å². The summed E-state index contributed by atoms with van der Waals surface area (Å²) in [5.41, 5.74) is 0.758. The van der Waals surface area contributed by atoms with Gasteiger partial charge < -0.3 is 0 Å². The standard InChI is InChI=1S/C8H4Cl2N2S/c9-5-4-11-12-8(10)7(5)6-2-1-3-13-6/h1-4H. The summed E-state index contributed by atoms with van der Waals surface area (Å²) in [6.07, 6.45) is 1.49. The van der Waals surface area contributed by atoms with E-state index in [4.69, 9.17) is 23.2 Å². The second-order valence-electron chi connectivity index (χ2n) is 2.34. The molecule has 0 N–H and O–H groups in total. The lowest BCUT2D eigenvalue weighted by Crippen LogP contribution is -1.85. The zero-order valence-electron chi connectivity index (χ0n) is 6.37. The van der Waals surface area contributed by atoms with Crippen molar-refractivity contribution in [3.05, 3.63) is 33.9 Å². The molecular formula is C8H4Cl2N2S. The van der Waals surface area contributed by atoms with Crippen LogP contribution in [0.25, 0.3) is 10.4 Å². The number of nitrogens with zero attached hydrogens (tertiary/aromatic N) is 2. The predicted molar refractivity (Wildman–Crippen MR) is 55.4 cm³/mol. The Morgan fingerprint density at radius 2 is 2.15 bits per heavy atom. The smallest absolute Gasteiger partial charge is 0.156 e. The average Bonchev–Trinajstić information content (AvgIpc) is 2.57. The molecule has 0 atom stereocenters. The molecule has 0 fully saturated rings. The van der Waals surface area contributed by atoms with Crippen molar-refractivity contribution < 1.29 is 0 Å². The molecule has 66 valence electrons. The highest BCUT2D eigenvalue weighted by molar-refractivity contribution is 7.13. The van der Waals surface area contributed by atoms with Crippen LogP contribution in [-0.2, 0) is 0 Å². The van der Waals surface area contributed by atoms with Crippen LogP contribution in [0.15, 0.2) is 23.7 Å². The minimum atomic E-state index is 0.343. The van der Waals surface area contributed by atoms with Gasteiger partial charge in [0.25, 0.3) is 0 Å². The monoisotopic (exact) mass is 230 g/mol. The largest absolute Gasteiger partial charge is 0.161 e. The van der Waals surface area contributed by atoms with Crippen molar-refractivity contribution in [2.24, 2.45) is 0 Å². The highest BCUT2D eigenvalue weighted by Gasteiger charge is 2.10. The van der Waals surface area contributed by atoms with E-state index in [0.717, 1.165) is 10.4 Å². The van der Waals surface area contributed by atoms with Gasteiger partial charge in [0.15, 0.2) is 5.15 Å². The third-order valence-corrected chi connectivity index (χ3v) is 2.97. The van der Waals surface area contributed by atoms with Crippen LogP contribution in [-0.4, -0.2) is 10.2 Å². The van der Waals surface area contributed by atoms with E-state index in [9.17, 15) is 0 Å². The van der Waals surface area contributed by atoms with E-state index < -0.39 is 0 Å². The van der Waals surface area contributed by atoms with E-state index in [1.807, 2.05) is 17.5 Å². The lowest BCUT2D eigenvalue weighted by atomic mass is 10.2. The summed E-state index contributed by atoms with van der Waals surface area (Å²) in [7, 11) is 0. The molecule has 0 aliphatic heterocycles. The van der Waals surface area contributed by atoms with E-state index >= 15 is 0 Å². The molecule has 0 bridgehead atoms. The fourth-order valence-corrected chi connectivity index (χ4v) is 2.41. The first kappa shape index (κ1) is 8.94. The first-order valence-electron chi connectivity index (χ1n) is 3.49. The van der Waals surface area contributed by atoms with Crippen LogP contribution in [0.4, 0.5) is 0 Å². The number of rotatable bonds is 1. The van der Waals surface area contributed by atoms with Gasteiger partial charge in [-0.2, -0.15) is 5.10 Å². The molecule has 13 heavy (non-hydrogen) atoms. The predicted octanol–water partition coefficient (Wildman–Crippen LogP) is 3.51. The average molecular weight is 231 g/mol. The van der Waals surface area contributed by atoms with Gasteiger partial charge in [0.1, 0.15) is 0 Å². The SMILES string of the molecule is Clc1cnnc(Cl)c1-c1cccs1. The Morgan fingerprint density at radius 3 is 2.77 bits per heavy atom. The van der Waals surface area contributed by atoms with Gasteiger partial charge in [-0.15, -0.1) is 16.4 Å². The van der Waals surface area contributed by atoms with Gasteiger partial charge in [-0.25, -0.2) is 0 Å². The van der Waals surface area contributed by atoms with Crippen molar-refractivity contribution in [1.29, 1.82) is 0 Å². The molecule has 0 amide bonds. The summed E-state index contributed by atoms with van der Waals surface area (Å²) >= 11 is 13.4. The number of thiophene rings is 1. The van der Waals surface area contributed by atoms with Gasteiger partial charge in [-0.3, -0.25) is 0 Å². The molecule has 0 spiro atoms. The van der Waals surface area contributed by atoms with Crippen LogP contribution >= 0.6 is 34.5 Å². The molecule has 0 aliphatic rings. The maximum absolute atomic E-state index is 5.94. The zero-order valence-corrected chi connectivity index (χ0v) is 8.70. The topological polar surface area (TPSA) is 25.8 Å². The molecular weight excluding hydrogens is 227 g/mol. The summed E-state index contributed by atoms with van der Waals surface area (Å²) < 4.78 is 0. The number of hydrogen-bond acceptors (Lipinski definition) is 3. The van der Waals surface area contributed by atoms with Crippen molar-refractivity contribution in [2.75, 3.05) is 0 Å². The molecule has 0 unspecified atom stereocenters. The van der Waals surface area contributed by atoms with Crippen molar-refractivity contribution in [2.45, 2.75) is 0 Å². The minimum Gasteiger partial charge on any atom is -0.156 e. The van der Waals surface area contributed by atoms with E-state index in [-0.39, 0.29) is 0 Å². The third-order valence-electron chi connectivity index (χ3n) is 1.53. The van der Waals surface area contributed by atoms with E-state index in [0.29, 0.717) is 10.2 Å². The number of hydrogen-bond donors (Lipinski definition) is 0. The summed E-state index contributed by atoms with van der Waals surface area (Å²) in [5.74, 6) is 0. The van der Waals surface area contributed by atoms with E-state index in [1.165, 1.54) is 6.20 Å². The fourth-order valence-electron chi connectivity index (χ4n) is 0.984. The Morgan fingerprint density at radius 1 is 1.31 bits per heavy atom. The molecule has 0 radical (unpaired) electrons. The lowest BCUT2D eigenvalue weighted by Gasteiger charge is -2.00. The van der Waals surface area contributed by atoms with Crippen LogP contribution in [0.3, 0.4) is 0 Å². The van der Waals surface area contributed by atoms with Gasteiger partial charge in [0, 0.05) is 4.88 Å². The second-order valence-corrected chi connectivity index (χ2v) is 4.05. The molecule has 2 rings (SSSR count). The Bertz CT molecular complexity index is 394. The lowest BCUT2D eigenvalue weighted by molar-refractivity contribution is 1.03. The van der Waals surface area contributed by atoms with Crippen molar-refractivity contribution in [3.8, 4) is 10.4 Å². The van der Waals surface area contributed by atoms with Gasteiger partial charge in [-0.1, -0.05) is 29.3 Å². The van der Waals surface area contributed by atoms with Gasteiger partial charge in [0.05, 0.1) is 16.8 Å². The van der Waals surface area contributed by atoms with E-state index in [2.05, 4.69) is 10.2 Å². The van der Waals surface area contributed by atoms with Gasteiger partial charge in [-0.05, 0) is 11.4 Å². The molecule has 2 heterocycles. The third kappa shape index (κ3) is 1.68. The molecule has 2 aromatic heterocycles. The molecule has 0 aliphatic carbocycles. The fraction of sp³-hybridized carbons (Fsp3) is 0. The van der Waals surface area contributed by atoms with Crippen molar-refractivity contribution in [3.63, 3.8) is 0 Å². The summed E-state index contributed by atoms with van der Waals surface area (Å²) in [5, 5.41) is 10.2. The number of halogens is 2.